The molecule has 2 aliphatic heterocycles. The third-order valence-electron chi connectivity index (χ3n) is 3.73. The highest BCUT2D eigenvalue weighted by Crippen LogP contribution is 2.18. The third-order valence-corrected chi connectivity index (χ3v) is 3.73. The van der Waals surface area contributed by atoms with E-state index in [1.807, 2.05) is 11.9 Å². The van der Waals surface area contributed by atoms with E-state index >= 15 is 0 Å². The van der Waals surface area contributed by atoms with Crippen LogP contribution in [0.4, 0.5) is 0 Å². The summed E-state index contributed by atoms with van der Waals surface area (Å²) in [6.07, 6.45) is 4.14. The maximum absolute atomic E-state index is 12.2. The molecule has 0 aromatic carbocycles. The fourth-order valence-corrected chi connectivity index (χ4v) is 2.60. The lowest BCUT2D eigenvalue weighted by atomic mass is 9.96. The zero-order valence-corrected chi connectivity index (χ0v) is 10.1. The van der Waals surface area contributed by atoms with Crippen LogP contribution in [0.15, 0.2) is 0 Å². The molecule has 1 amide bonds. The van der Waals surface area contributed by atoms with Crippen molar-refractivity contribution in [3.05, 3.63) is 0 Å². The Labute approximate surface area is 97.3 Å². The Kier molecular flexibility index (Phi) is 4.18. The molecule has 1 atom stereocenters. The van der Waals surface area contributed by atoms with Crippen molar-refractivity contribution in [2.24, 2.45) is 5.92 Å². The lowest BCUT2D eigenvalue weighted by Gasteiger charge is -2.34. The molecule has 0 aliphatic carbocycles. The minimum Gasteiger partial charge on any atom is -0.381 e. The van der Waals surface area contributed by atoms with Gasteiger partial charge in [0, 0.05) is 32.8 Å². The molecule has 0 radical (unpaired) electrons. The van der Waals surface area contributed by atoms with Crippen molar-refractivity contribution in [3.8, 4) is 0 Å². The normalized spacial score (nSPS) is 27.7. The minimum absolute atomic E-state index is 0.196. The number of nitrogens with zero attached hydrogens (tertiary/aromatic N) is 1. The molecule has 4 heteroatoms. The molecule has 2 heterocycles. The molecule has 2 aliphatic rings. The summed E-state index contributed by atoms with van der Waals surface area (Å²) in [5, 5.41) is 3.30. The maximum atomic E-state index is 12.2. The van der Waals surface area contributed by atoms with Gasteiger partial charge in [-0.05, 0) is 32.2 Å². The van der Waals surface area contributed by atoms with E-state index in [9.17, 15) is 4.79 Å². The predicted molar refractivity (Wildman–Crippen MR) is 62.2 cm³/mol. The van der Waals surface area contributed by atoms with Gasteiger partial charge < -0.3 is 15.0 Å². The van der Waals surface area contributed by atoms with Crippen LogP contribution in [0.25, 0.3) is 0 Å². The zero-order chi connectivity index (χ0) is 11.4. The number of hydrogen-bond acceptors (Lipinski definition) is 3. The number of ether oxygens (including phenoxy) is 1. The van der Waals surface area contributed by atoms with E-state index in [0.717, 1.165) is 52.0 Å². The van der Waals surface area contributed by atoms with Crippen LogP contribution in [-0.2, 0) is 9.53 Å². The van der Waals surface area contributed by atoms with Gasteiger partial charge in [0.05, 0.1) is 5.92 Å². The highest BCUT2D eigenvalue weighted by atomic mass is 16.5. The summed E-state index contributed by atoms with van der Waals surface area (Å²) in [5.41, 5.74) is 0. The van der Waals surface area contributed by atoms with Gasteiger partial charge in [0.15, 0.2) is 0 Å². The van der Waals surface area contributed by atoms with E-state index in [0.29, 0.717) is 11.9 Å². The number of rotatable bonds is 2. The van der Waals surface area contributed by atoms with E-state index in [-0.39, 0.29) is 5.92 Å². The van der Waals surface area contributed by atoms with Crippen molar-refractivity contribution in [1.29, 1.82) is 0 Å². The van der Waals surface area contributed by atoms with Gasteiger partial charge in [0.2, 0.25) is 5.91 Å². The molecule has 1 unspecified atom stereocenters. The van der Waals surface area contributed by atoms with Crippen molar-refractivity contribution >= 4 is 5.91 Å². The van der Waals surface area contributed by atoms with Gasteiger partial charge in [-0.2, -0.15) is 0 Å². The Morgan fingerprint density at radius 1 is 1.31 bits per heavy atom. The van der Waals surface area contributed by atoms with Crippen LogP contribution in [0, 0.1) is 5.92 Å². The standard InChI is InChI=1S/C12H22N2O2/c1-14(11-4-7-16-8-5-11)12(15)10-3-2-6-13-9-10/h10-11,13H,2-9H2,1H3. The SMILES string of the molecule is CN(C(=O)C1CCCNC1)C1CCOCC1. The van der Waals surface area contributed by atoms with Crippen molar-refractivity contribution in [3.63, 3.8) is 0 Å². The van der Waals surface area contributed by atoms with E-state index in [2.05, 4.69) is 5.32 Å². The number of piperidine rings is 1. The van der Waals surface area contributed by atoms with Gasteiger partial charge in [-0.3, -0.25) is 4.79 Å². The van der Waals surface area contributed by atoms with Gasteiger partial charge in [-0.25, -0.2) is 0 Å². The first kappa shape index (κ1) is 11.9. The molecule has 2 saturated heterocycles. The largest absolute Gasteiger partial charge is 0.381 e. The van der Waals surface area contributed by atoms with Crippen LogP contribution in [0.5, 0.6) is 0 Å². The Morgan fingerprint density at radius 3 is 2.69 bits per heavy atom. The zero-order valence-electron chi connectivity index (χ0n) is 10.1. The summed E-state index contributed by atoms with van der Waals surface area (Å²) in [7, 11) is 1.95. The van der Waals surface area contributed by atoms with Gasteiger partial charge in [-0.15, -0.1) is 0 Å². The molecule has 0 aromatic heterocycles. The summed E-state index contributed by atoms with van der Waals surface area (Å²) in [6.45, 7) is 3.51. The van der Waals surface area contributed by atoms with Crippen molar-refractivity contribution in [2.45, 2.75) is 31.7 Å². The summed E-state index contributed by atoms with van der Waals surface area (Å²) in [6, 6.07) is 0.392. The summed E-state index contributed by atoms with van der Waals surface area (Å²) in [4.78, 5) is 14.2. The fourth-order valence-electron chi connectivity index (χ4n) is 2.60. The monoisotopic (exact) mass is 226 g/mol. The average Bonchev–Trinajstić information content (AvgIpc) is 2.39. The molecule has 4 nitrogen and oxygen atoms in total. The Morgan fingerprint density at radius 2 is 2.06 bits per heavy atom. The van der Waals surface area contributed by atoms with Crippen LogP contribution in [0.3, 0.4) is 0 Å². The molecule has 16 heavy (non-hydrogen) atoms. The first-order chi connectivity index (χ1) is 7.79. The summed E-state index contributed by atoms with van der Waals surface area (Å²) < 4.78 is 5.32. The van der Waals surface area contributed by atoms with Crippen molar-refractivity contribution < 1.29 is 9.53 Å². The highest BCUT2D eigenvalue weighted by molar-refractivity contribution is 5.79. The smallest absolute Gasteiger partial charge is 0.226 e. The van der Waals surface area contributed by atoms with Crippen LogP contribution >= 0.6 is 0 Å². The molecular formula is C12H22N2O2. The summed E-state index contributed by atoms with van der Waals surface area (Å²) in [5.74, 6) is 0.515. The molecule has 0 aromatic rings. The van der Waals surface area contributed by atoms with E-state index in [1.165, 1.54) is 0 Å². The number of carbonyl (C=O) groups excluding carboxylic acids is 1. The number of hydrogen-bond donors (Lipinski definition) is 1. The Balaban J connectivity index is 1.86. The third kappa shape index (κ3) is 2.74. The second-order valence-electron chi connectivity index (χ2n) is 4.84. The lowest BCUT2D eigenvalue weighted by molar-refractivity contribution is -0.138. The molecular weight excluding hydrogens is 204 g/mol. The Hall–Kier alpha value is -0.610. The van der Waals surface area contributed by atoms with Gasteiger partial charge in [-0.1, -0.05) is 0 Å². The molecule has 0 bridgehead atoms. The van der Waals surface area contributed by atoms with Crippen LogP contribution in [-0.4, -0.2) is 50.2 Å². The van der Waals surface area contributed by atoms with E-state index in [4.69, 9.17) is 4.74 Å². The first-order valence-electron chi connectivity index (χ1n) is 6.34. The average molecular weight is 226 g/mol. The van der Waals surface area contributed by atoms with E-state index < -0.39 is 0 Å². The number of amides is 1. The minimum atomic E-state index is 0.196. The lowest BCUT2D eigenvalue weighted by Crippen LogP contribution is -2.47. The van der Waals surface area contributed by atoms with E-state index in [1.54, 1.807) is 0 Å². The topological polar surface area (TPSA) is 41.6 Å². The molecule has 0 spiro atoms. The molecule has 1 N–H and O–H groups in total. The van der Waals surface area contributed by atoms with Crippen LogP contribution < -0.4 is 5.32 Å². The molecule has 2 fully saturated rings. The Bertz CT molecular complexity index is 233. The number of carbonyl (C=O) groups is 1. The first-order valence-corrected chi connectivity index (χ1v) is 6.34. The predicted octanol–water partition coefficient (Wildman–Crippen LogP) is 0.623. The quantitative estimate of drug-likeness (QED) is 0.750. The summed E-state index contributed by atoms with van der Waals surface area (Å²) >= 11 is 0. The van der Waals surface area contributed by atoms with Crippen LogP contribution in [0.2, 0.25) is 0 Å². The highest BCUT2D eigenvalue weighted by Gasteiger charge is 2.28. The maximum Gasteiger partial charge on any atom is 0.226 e. The molecule has 92 valence electrons. The van der Waals surface area contributed by atoms with Crippen molar-refractivity contribution in [2.75, 3.05) is 33.4 Å². The second-order valence-corrected chi connectivity index (χ2v) is 4.84. The van der Waals surface area contributed by atoms with Gasteiger partial charge in [0.1, 0.15) is 0 Å². The van der Waals surface area contributed by atoms with Gasteiger partial charge >= 0.3 is 0 Å². The second kappa shape index (κ2) is 5.64. The molecule has 2 rings (SSSR count). The van der Waals surface area contributed by atoms with Gasteiger partial charge in [0.25, 0.3) is 0 Å². The number of nitrogens with one attached hydrogen (secondary N) is 1. The molecule has 0 saturated carbocycles. The van der Waals surface area contributed by atoms with Crippen molar-refractivity contribution in [1.82, 2.24) is 10.2 Å². The fraction of sp³-hybridized carbons (Fsp3) is 0.917. The van der Waals surface area contributed by atoms with Crippen LogP contribution in [0.1, 0.15) is 25.7 Å².